The highest BCUT2D eigenvalue weighted by molar-refractivity contribution is 9.10. The zero-order chi connectivity index (χ0) is 21.0. The van der Waals surface area contributed by atoms with E-state index in [2.05, 4.69) is 56.1 Å². The molecule has 0 aliphatic heterocycles. The van der Waals surface area contributed by atoms with Crippen LogP contribution in [0.3, 0.4) is 0 Å². The van der Waals surface area contributed by atoms with Crippen LogP contribution in [0.1, 0.15) is 50.7 Å². The number of esters is 2. The molecule has 29 heavy (non-hydrogen) atoms. The van der Waals surface area contributed by atoms with Crippen LogP contribution in [0.5, 0.6) is 0 Å². The lowest BCUT2D eigenvalue weighted by atomic mass is 9.71. The standard InChI is InChI=1S/C23H24Br2O4/c1-3-28-21(26)9-11-23(12-10-22(27)29-4-2)19-13-15(24)5-7-17(19)18-8-6-16(25)14-20(18)23/h5-8,13-14H,3-4,9-12H2,1-2H3. The maximum absolute atomic E-state index is 12.2. The Hall–Kier alpha value is -1.66. The summed E-state index contributed by atoms with van der Waals surface area (Å²) in [6.45, 7) is 4.34. The van der Waals surface area contributed by atoms with Gasteiger partial charge in [-0.15, -0.1) is 0 Å². The predicted molar refractivity (Wildman–Crippen MR) is 120 cm³/mol. The van der Waals surface area contributed by atoms with Crippen LogP contribution in [0, 0.1) is 0 Å². The van der Waals surface area contributed by atoms with E-state index in [1.54, 1.807) is 0 Å². The molecule has 1 aliphatic carbocycles. The van der Waals surface area contributed by atoms with E-state index < -0.39 is 5.41 Å². The first-order chi connectivity index (χ1) is 13.9. The molecular weight excluding hydrogens is 500 g/mol. The minimum absolute atomic E-state index is 0.219. The molecule has 0 N–H and O–H groups in total. The number of fused-ring (bicyclic) bond motifs is 3. The Kier molecular flexibility index (Phi) is 7.17. The Bertz CT molecular complexity index is 848. The van der Waals surface area contributed by atoms with Gasteiger partial charge in [-0.3, -0.25) is 9.59 Å². The van der Waals surface area contributed by atoms with Crippen molar-refractivity contribution in [2.45, 2.75) is 44.9 Å². The molecule has 154 valence electrons. The van der Waals surface area contributed by atoms with E-state index in [9.17, 15) is 9.59 Å². The summed E-state index contributed by atoms with van der Waals surface area (Å²) in [5.74, 6) is -0.439. The van der Waals surface area contributed by atoms with Gasteiger partial charge in [-0.1, -0.05) is 44.0 Å². The third-order valence-corrected chi connectivity index (χ3v) is 6.39. The van der Waals surface area contributed by atoms with Gasteiger partial charge in [-0.05, 0) is 73.2 Å². The van der Waals surface area contributed by atoms with Crippen molar-refractivity contribution < 1.29 is 19.1 Å². The van der Waals surface area contributed by atoms with Crippen molar-refractivity contribution in [3.63, 3.8) is 0 Å². The smallest absolute Gasteiger partial charge is 0.305 e. The summed E-state index contributed by atoms with van der Waals surface area (Å²) >= 11 is 7.19. The number of benzene rings is 2. The highest BCUT2D eigenvalue weighted by atomic mass is 79.9. The quantitative estimate of drug-likeness (QED) is 0.388. The van der Waals surface area contributed by atoms with Gasteiger partial charge in [0.15, 0.2) is 0 Å². The highest BCUT2D eigenvalue weighted by Crippen LogP contribution is 2.54. The second-order valence-corrected chi connectivity index (χ2v) is 8.90. The molecule has 3 rings (SSSR count). The van der Waals surface area contributed by atoms with Crippen LogP contribution in [-0.4, -0.2) is 25.2 Å². The number of halogens is 2. The minimum atomic E-state index is -0.461. The predicted octanol–water partition coefficient (Wildman–Crippen LogP) is 6.16. The van der Waals surface area contributed by atoms with E-state index in [4.69, 9.17) is 9.47 Å². The second kappa shape index (κ2) is 9.43. The molecule has 0 fully saturated rings. The number of hydrogen-bond donors (Lipinski definition) is 0. The summed E-state index contributed by atoms with van der Waals surface area (Å²) in [5.41, 5.74) is 4.09. The van der Waals surface area contributed by atoms with E-state index in [1.165, 1.54) is 0 Å². The molecular formula is C23H24Br2O4. The molecule has 0 heterocycles. The van der Waals surface area contributed by atoms with Gasteiger partial charge in [0.1, 0.15) is 0 Å². The number of carbonyl (C=O) groups excluding carboxylic acids is 2. The first kappa shape index (κ1) is 22.0. The average molecular weight is 524 g/mol. The maximum Gasteiger partial charge on any atom is 0.305 e. The SMILES string of the molecule is CCOC(=O)CCC1(CCC(=O)OCC)c2cc(Br)ccc2-c2ccc(Br)cc21. The first-order valence-corrected chi connectivity index (χ1v) is 11.4. The van der Waals surface area contributed by atoms with Gasteiger partial charge in [0.05, 0.1) is 13.2 Å². The van der Waals surface area contributed by atoms with E-state index >= 15 is 0 Å². The average Bonchev–Trinajstić information content (AvgIpc) is 2.94. The molecule has 2 aromatic rings. The van der Waals surface area contributed by atoms with Gasteiger partial charge >= 0.3 is 11.9 Å². The highest BCUT2D eigenvalue weighted by Gasteiger charge is 2.43. The van der Waals surface area contributed by atoms with Crippen LogP contribution < -0.4 is 0 Å². The van der Waals surface area contributed by atoms with Crippen molar-refractivity contribution in [3.8, 4) is 11.1 Å². The van der Waals surface area contributed by atoms with Crippen molar-refractivity contribution in [2.75, 3.05) is 13.2 Å². The topological polar surface area (TPSA) is 52.6 Å². The summed E-state index contributed by atoms with van der Waals surface area (Å²) in [7, 11) is 0. The summed E-state index contributed by atoms with van der Waals surface area (Å²) in [6.07, 6.45) is 1.71. The van der Waals surface area contributed by atoms with Crippen LogP contribution >= 0.6 is 31.9 Å². The third-order valence-electron chi connectivity index (χ3n) is 5.41. The molecule has 0 bridgehead atoms. The number of rotatable bonds is 8. The number of hydrogen-bond acceptors (Lipinski definition) is 4. The Morgan fingerprint density at radius 2 is 1.21 bits per heavy atom. The summed E-state index contributed by atoms with van der Waals surface area (Å²) in [4.78, 5) is 24.4. The molecule has 0 saturated heterocycles. The van der Waals surface area contributed by atoms with Crippen LogP contribution in [0.4, 0.5) is 0 Å². The van der Waals surface area contributed by atoms with Gasteiger partial charge in [-0.2, -0.15) is 0 Å². The lowest BCUT2D eigenvalue weighted by molar-refractivity contribution is -0.143. The lowest BCUT2D eigenvalue weighted by Gasteiger charge is -2.32. The fraction of sp³-hybridized carbons (Fsp3) is 0.391. The lowest BCUT2D eigenvalue weighted by Crippen LogP contribution is -2.28. The van der Waals surface area contributed by atoms with Crippen LogP contribution in [-0.2, 0) is 24.5 Å². The largest absolute Gasteiger partial charge is 0.466 e. The normalized spacial score (nSPS) is 13.5. The van der Waals surface area contributed by atoms with Crippen molar-refractivity contribution in [1.29, 1.82) is 0 Å². The molecule has 6 heteroatoms. The summed E-state index contributed by atoms with van der Waals surface area (Å²) in [6, 6.07) is 12.5. The monoisotopic (exact) mass is 522 g/mol. The molecule has 0 atom stereocenters. The molecule has 0 radical (unpaired) electrons. The van der Waals surface area contributed by atoms with Gasteiger partial charge < -0.3 is 9.47 Å². The van der Waals surface area contributed by atoms with Crippen molar-refractivity contribution in [3.05, 3.63) is 56.5 Å². The molecule has 4 nitrogen and oxygen atoms in total. The summed E-state index contributed by atoms with van der Waals surface area (Å²) < 4.78 is 12.3. The van der Waals surface area contributed by atoms with Gasteiger partial charge in [0, 0.05) is 27.2 Å². The van der Waals surface area contributed by atoms with Gasteiger partial charge in [-0.25, -0.2) is 0 Å². The van der Waals surface area contributed by atoms with Crippen LogP contribution in [0.25, 0.3) is 11.1 Å². The van der Waals surface area contributed by atoms with E-state index in [-0.39, 0.29) is 24.8 Å². The molecule has 0 amide bonds. The van der Waals surface area contributed by atoms with Crippen LogP contribution in [0.15, 0.2) is 45.3 Å². The number of ether oxygens (including phenoxy) is 2. The molecule has 1 aliphatic rings. The van der Waals surface area contributed by atoms with Crippen molar-refractivity contribution in [1.82, 2.24) is 0 Å². The molecule has 0 saturated carbocycles. The zero-order valence-electron chi connectivity index (χ0n) is 16.6. The van der Waals surface area contributed by atoms with E-state index in [0.717, 1.165) is 31.2 Å². The van der Waals surface area contributed by atoms with E-state index in [1.807, 2.05) is 26.0 Å². The maximum atomic E-state index is 12.2. The first-order valence-electron chi connectivity index (χ1n) is 9.83. The molecule has 0 spiro atoms. The molecule has 2 aromatic carbocycles. The van der Waals surface area contributed by atoms with Gasteiger partial charge in [0.25, 0.3) is 0 Å². The Labute approximate surface area is 188 Å². The van der Waals surface area contributed by atoms with Crippen molar-refractivity contribution in [2.24, 2.45) is 0 Å². The fourth-order valence-electron chi connectivity index (χ4n) is 4.20. The van der Waals surface area contributed by atoms with Crippen LogP contribution in [0.2, 0.25) is 0 Å². The Morgan fingerprint density at radius 1 is 0.793 bits per heavy atom. The van der Waals surface area contributed by atoms with Crippen molar-refractivity contribution >= 4 is 43.8 Å². The second-order valence-electron chi connectivity index (χ2n) is 7.07. The number of carbonyl (C=O) groups is 2. The fourth-order valence-corrected chi connectivity index (χ4v) is 4.92. The van der Waals surface area contributed by atoms with Gasteiger partial charge in [0.2, 0.25) is 0 Å². The zero-order valence-corrected chi connectivity index (χ0v) is 19.8. The molecule has 0 unspecified atom stereocenters. The Morgan fingerprint density at radius 3 is 1.59 bits per heavy atom. The minimum Gasteiger partial charge on any atom is -0.466 e. The van der Waals surface area contributed by atoms with E-state index in [0.29, 0.717) is 26.1 Å². The molecule has 0 aromatic heterocycles. The third kappa shape index (κ3) is 4.58. The Balaban J connectivity index is 2.09. The summed E-state index contributed by atoms with van der Waals surface area (Å²) in [5, 5.41) is 0.